The zero-order chi connectivity index (χ0) is 33.7. The SMILES string of the molecule is c1ccc(-c2nc3ccc4cc(N(c5ccc(-n6c7ccccc7c7ccccc76)cc5)c5ccccc5-c5ccccc5)ccc4c3o2)cc1. The van der Waals surface area contributed by atoms with Crippen LogP contribution in [-0.2, 0) is 0 Å². The second-order valence-corrected chi connectivity index (χ2v) is 12.8. The molecular formula is C47H31N3O. The number of anilines is 3. The van der Waals surface area contributed by atoms with Crippen LogP contribution < -0.4 is 4.90 Å². The summed E-state index contributed by atoms with van der Waals surface area (Å²) in [5.74, 6) is 0.629. The van der Waals surface area contributed by atoms with Gasteiger partial charge in [-0.1, -0.05) is 109 Å². The van der Waals surface area contributed by atoms with Crippen molar-refractivity contribution in [2.45, 2.75) is 0 Å². The van der Waals surface area contributed by atoms with Gasteiger partial charge in [0.25, 0.3) is 0 Å². The highest BCUT2D eigenvalue weighted by Crippen LogP contribution is 2.43. The van der Waals surface area contributed by atoms with Gasteiger partial charge in [0.05, 0.1) is 16.7 Å². The first-order chi connectivity index (χ1) is 25.3. The summed E-state index contributed by atoms with van der Waals surface area (Å²) in [5, 5.41) is 4.62. The maximum absolute atomic E-state index is 6.40. The Morgan fingerprint density at radius 2 is 1.08 bits per heavy atom. The molecule has 0 N–H and O–H groups in total. The zero-order valence-electron chi connectivity index (χ0n) is 27.6. The van der Waals surface area contributed by atoms with Crippen LogP contribution in [0.15, 0.2) is 192 Å². The minimum absolute atomic E-state index is 0.629. The molecule has 0 aliphatic rings. The minimum Gasteiger partial charge on any atom is -0.435 e. The summed E-state index contributed by atoms with van der Waals surface area (Å²) in [5.41, 5.74) is 11.7. The van der Waals surface area contributed by atoms with Crippen LogP contribution >= 0.6 is 0 Å². The highest BCUT2D eigenvalue weighted by molar-refractivity contribution is 6.09. The number of oxazole rings is 1. The lowest BCUT2D eigenvalue weighted by Gasteiger charge is -2.28. The molecule has 0 spiro atoms. The summed E-state index contributed by atoms with van der Waals surface area (Å²) in [6.45, 7) is 0. The van der Waals surface area contributed by atoms with Crippen LogP contribution in [0.5, 0.6) is 0 Å². The van der Waals surface area contributed by atoms with E-state index in [1.807, 2.05) is 30.3 Å². The van der Waals surface area contributed by atoms with Gasteiger partial charge in [-0.15, -0.1) is 0 Å². The monoisotopic (exact) mass is 653 g/mol. The summed E-state index contributed by atoms with van der Waals surface area (Å²) >= 11 is 0. The Hall–Kier alpha value is -6.91. The van der Waals surface area contributed by atoms with Crippen LogP contribution in [0.3, 0.4) is 0 Å². The van der Waals surface area contributed by atoms with Crippen molar-refractivity contribution in [1.29, 1.82) is 0 Å². The van der Waals surface area contributed by atoms with E-state index >= 15 is 0 Å². The lowest BCUT2D eigenvalue weighted by molar-refractivity contribution is 0.623. The van der Waals surface area contributed by atoms with Gasteiger partial charge in [0.2, 0.25) is 5.89 Å². The van der Waals surface area contributed by atoms with Gasteiger partial charge in [0.15, 0.2) is 5.58 Å². The van der Waals surface area contributed by atoms with Crippen LogP contribution in [-0.4, -0.2) is 9.55 Å². The second-order valence-electron chi connectivity index (χ2n) is 12.8. The summed E-state index contributed by atoms with van der Waals surface area (Å²) < 4.78 is 8.76. The van der Waals surface area contributed by atoms with E-state index in [1.54, 1.807) is 0 Å². The van der Waals surface area contributed by atoms with Crippen molar-refractivity contribution in [3.63, 3.8) is 0 Å². The third-order valence-electron chi connectivity index (χ3n) is 9.81. The maximum Gasteiger partial charge on any atom is 0.227 e. The van der Waals surface area contributed by atoms with Crippen molar-refractivity contribution >= 4 is 60.7 Å². The van der Waals surface area contributed by atoms with E-state index in [2.05, 4.69) is 167 Å². The summed E-state index contributed by atoms with van der Waals surface area (Å²) in [6.07, 6.45) is 0. The van der Waals surface area contributed by atoms with Gasteiger partial charge < -0.3 is 13.9 Å². The van der Waals surface area contributed by atoms with Crippen molar-refractivity contribution in [2.75, 3.05) is 4.90 Å². The Kier molecular flexibility index (Phi) is 6.78. The van der Waals surface area contributed by atoms with Gasteiger partial charge in [-0.2, -0.15) is 0 Å². The Labute approximate surface area is 295 Å². The molecule has 2 aromatic heterocycles. The van der Waals surface area contributed by atoms with Crippen LogP contribution in [0.2, 0.25) is 0 Å². The molecule has 0 radical (unpaired) electrons. The second kappa shape index (κ2) is 11.9. The number of aromatic nitrogens is 2. The fraction of sp³-hybridized carbons (Fsp3) is 0. The van der Waals surface area contributed by atoms with Crippen molar-refractivity contribution in [3.05, 3.63) is 188 Å². The van der Waals surface area contributed by atoms with E-state index in [4.69, 9.17) is 9.40 Å². The molecule has 8 aromatic carbocycles. The third kappa shape index (κ3) is 4.88. The van der Waals surface area contributed by atoms with Gasteiger partial charge in [0, 0.05) is 44.3 Å². The summed E-state index contributed by atoms with van der Waals surface area (Å²) in [6, 6.07) is 66.3. The Morgan fingerprint density at radius 3 is 1.80 bits per heavy atom. The predicted octanol–water partition coefficient (Wildman–Crippen LogP) is 12.9. The number of hydrogen-bond acceptors (Lipinski definition) is 3. The molecular weight excluding hydrogens is 623 g/mol. The summed E-state index contributed by atoms with van der Waals surface area (Å²) in [7, 11) is 0. The molecule has 0 bridgehead atoms. The van der Waals surface area contributed by atoms with Gasteiger partial charge >= 0.3 is 0 Å². The minimum atomic E-state index is 0.629. The Bertz CT molecular complexity index is 2800. The number of para-hydroxylation sites is 3. The smallest absolute Gasteiger partial charge is 0.227 e. The molecule has 0 atom stereocenters. The van der Waals surface area contributed by atoms with Crippen LogP contribution in [0.1, 0.15) is 0 Å². The zero-order valence-corrected chi connectivity index (χ0v) is 27.6. The number of fused-ring (bicyclic) bond motifs is 6. The molecule has 0 amide bonds. The van der Waals surface area contributed by atoms with Gasteiger partial charge in [-0.25, -0.2) is 4.98 Å². The number of nitrogens with zero attached hydrogens (tertiary/aromatic N) is 3. The molecule has 0 aliphatic heterocycles. The predicted molar refractivity (Wildman–Crippen MR) is 211 cm³/mol. The van der Waals surface area contributed by atoms with E-state index in [1.165, 1.54) is 21.8 Å². The fourth-order valence-electron chi connectivity index (χ4n) is 7.45. The largest absolute Gasteiger partial charge is 0.435 e. The van der Waals surface area contributed by atoms with Crippen molar-refractivity contribution < 1.29 is 4.42 Å². The lowest BCUT2D eigenvalue weighted by Crippen LogP contribution is -2.11. The highest BCUT2D eigenvalue weighted by atomic mass is 16.3. The molecule has 10 rings (SSSR count). The van der Waals surface area contributed by atoms with E-state index in [9.17, 15) is 0 Å². The molecule has 2 heterocycles. The Morgan fingerprint density at radius 1 is 0.471 bits per heavy atom. The van der Waals surface area contributed by atoms with Gasteiger partial charge in [0.1, 0.15) is 5.52 Å². The molecule has 240 valence electrons. The van der Waals surface area contributed by atoms with Gasteiger partial charge in [-0.05, 0) is 89.8 Å². The van der Waals surface area contributed by atoms with Crippen LogP contribution in [0.4, 0.5) is 17.1 Å². The topological polar surface area (TPSA) is 34.2 Å². The molecule has 4 heteroatoms. The lowest BCUT2D eigenvalue weighted by atomic mass is 10.0. The third-order valence-corrected chi connectivity index (χ3v) is 9.81. The standard InChI is InChI=1S/C47H31N3O/c1-3-13-32(14-4-1)38-17-7-10-20-43(38)49(35-24-26-36(27-25-35)50-44-21-11-8-18-40(44)41-19-9-12-22-45(41)50)37-28-29-39-34(31-37)23-30-42-46(39)51-47(48-42)33-15-5-2-6-16-33/h1-31H. The molecule has 0 unspecified atom stereocenters. The number of hydrogen-bond donors (Lipinski definition) is 0. The number of benzene rings is 8. The van der Waals surface area contributed by atoms with E-state index in [-0.39, 0.29) is 0 Å². The highest BCUT2D eigenvalue weighted by Gasteiger charge is 2.20. The average Bonchev–Trinajstić information content (AvgIpc) is 3.79. The van der Waals surface area contributed by atoms with Gasteiger partial charge in [-0.3, -0.25) is 0 Å². The molecule has 0 aliphatic carbocycles. The first kappa shape index (κ1) is 29.0. The van der Waals surface area contributed by atoms with Crippen LogP contribution in [0.25, 0.3) is 71.9 Å². The van der Waals surface area contributed by atoms with E-state index < -0.39 is 0 Å². The molecule has 4 nitrogen and oxygen atoms in total. The van der Waals surface area contributed by atoms with Crippen LogP contribution in [0, 0.1) is 0 Å². The molecule has 0 saturated carbocycles. The molecule has 10 aromatic rings. The molecule has 51 heavy (non-hydrogen) atoms. The first-order valence-corrected chi connectivity index (χ1v) is 17.2. The maximum atomic E-state index is 6.40. The molecule has 0 fully saturated rings. The van der Waals surface area contributed by atoms with Crippen molar-refractivity contribution in [3.8, 4) is 28.3 Å². The van der Waals surface area contributed by atoms with E-state index in [0.717, 1.165) is 61.3 Å². The Balaban J connectivity index is 1.14. The number of rotatable bonds is 6. The first-order valence-electron chi connectivity index (χ1n) is 17.2. The summed E-state index contributed by atoms with van der Waals surface area (Å²) in [4.78, 5) is 7.18. The normalized spacial score (nSPS) is 11.5. The molecule has 0 saturated heterocycles. The quantitative estimate of drug-likeness (QED) is 0.179. The van der Waals surface area contributed by atoms with E-state index in [0.29, 0.717) is 5.89 Å². The average molecular weight is 654 g/mol. The van der Waals surface area contributed by atoms with Crippen molar-refractivity contribution in [2.24, 2.45) is 0 Å². The fourth-order valence-corrected chi connectivity index (χ4v) is 7.45. The van der Waals surface area contributed by atoms with Crippen molar-refractivity contribution in [1.82, 2.24) is 9.55 Å².